The Morgan fingerprint density at radius 2 is 1.58 bits per heavy atom. The zero-order chi connectivity index (χ0) is 17.4. The Morgan fingerprint density at radius 1 is 0.958 bits per heavy atom. The van der Waals surface area contributed by atoms with Gasteiger partial charge in [-0.15, -0.1) is 0 Å². The molecule has 0 spiro atoms. The van der Waals surface area contributed by atoms with Crippen LogP contribution in [0, 0.1) is 6.92 Å². The van der Waals surface area contributed by atoms with Gasteiger partial charge in [0.15, 0.2) is 0 Å². The van der Waals surface area contributed by atoms with Crippen molar-refractivity contribution in [3.8, 4) is 0 Å². The van der Waals surface area contributed by atoms with Gasteiger partial charge in [-0.3, -0.25) is 4.99 Å². The molecule has 0 heterocycles. The largest absolute Gasteiger partial charge is 0.325 e. The number of hydrogen-bond acceptors (Lipinski definition) is 1. The predicted octanol–water partition coefficient (Wildman–Crippen LogP) is 4.72. The minimum Gasteiger partial charge on any atom is -0.325 e. The number of hydrogen-bond donors (Lipinski definition) is 0. The van der Waals surface area contributed by atoms with Crippen molar-refractivity contribution in [3.05, 3.63) is 77.4 Å². The fourth-order valence-corrected chi connectivity index (χ4v) is 2.74. The van der Waals surface area contributed by atoms with Gasteiger partial charge in [0.1, 0.15) is 6.54 Å². The van der Waals surface area contributed by atoms with Gasteiger partial charge in [0, 0.05) is 24.7 Å². The summed E-state index contributed by atoms with van der Waals surface area (Å²) in [4.78, 5) is 4.56. The third kappa shape index (κ3) is 6.13. The van der Waals surface area contributed by atoms with Crippen LogP contribution in [0.2, 0.25) is 0 Å². The van der Waals surface area contributed by atoms with Crippen molar-refractivity contribution in [2.75, 3.05) is 27.2 Å². The summed E-state index contributed by atoms with van der Waals surface area (Å²) in [5.41, 5.74) is 5.01. The van der Waals surface area contributed by atoms with Gasteiger partial charge in [-0.05, 0) is 18.1 Å². The van der Waals surface area contributed by atoms with E-state index in [1.165, 1.54) is 22.3 Å². The van der Waals surface area contributed by atoms with Crippen LogP contribution in [-0.4, -0.2) is 37.9 Å². The summed E-state index contributed by atoms with van der Waals surface area (Å²) in [5, 5.41) is 0. The van der Waals surface area contributed by atoms with E-state index in [1.807, 2.05) is 12.3 Å². The SMILES string of the molecule is C=Cc1ccc(C[N+](C)(C)CCCN=Cc2ccc(C)cc2)cc1. The molecule has 0 N–H and O–H groups in total. The molecule has 2 nitrogen and oxygen atoms in total. The topological polar surface area (TPSA) is 12.4 Å². The van der Waals surface area contributed by atoms with Crippen molar-refractivity contribution in [3.63, 3.8) is 0 Å². The molecule has 2 aromatic rings. The molecule has 0 aliphatic rings. The van der Waals surface area contributed by atoms with Crippen molar-refractivity contribution in [2.45, 2.75) is 19.9 Å². The zero-order valence-electron chi connectivity index (χ0n) is 15.2. The van der Waals surface area contributed by atoms with Gasteiger partial charge in [-0.2, -0.15) is 0 Å². The first kappa shape index (κ1) is 18.2. The molecular formula is C22H29N2+. The molecule has 0 atom stereocenters. The van der Waals surface area contributed by atoms with Gasteiger partial charge in [-0.25, -0.2) is 0 Å². The summed E-state index contributed by atoms with van der Waals surface area (Å²) in [6.07, 6.45) is 4.96. The van der Waals surface area contributed by atoms with Crippen LogP contribution in [0.15, 0.2) is 60.1 Å². The van der Waals surface area contributed by atoms with Crippen molar-refractivity contribution in [2.24, 2.45) is 4.99 Å². The third-order valence-corrected chi connectivity index (χ3v) is 4.19. The molecule has 24 heavy (non-hydrogen) atoms. The highest BCUT2D eigenvalue weighted by Crippen LogP contribution is 2.12. The first-order valence-electron chi connectivity index (χ1n) is 8.58. The molecule has 0 bridgehead atoms. The maximum atomic E-state index is 4.56. The van der Waals surface area contributed by atoms with E-state index in [0.717, 1.165) is 30.5 Å². The number of benzene rings is 2. The quantitative estimate of drug-likeness (QED) is 0.379. The lowest BCUT2D eigenvalue weighted by atomic mass is 10.1. The fourth-order valence-electron chi connectivity index (χ4n) is 2.74. The second kappa shape index (κ2) is 8.60. The van der Waals surface area contributed by atoms with Crippen LogP contribution >= 0.6 is 0 Å². The lowest BCUT2D eigenvalue weighted by Crippen LogP contribution is -2.39. The van der Waals surface area contributed by atoms with E-state index in [0.29, 0.717) is 0 Å². The normalized spacial score (nSPS) is 11.8. The molecule has 0 amide bonds. The molecule has 2 aromatic carbocycles. The Kier molecular flexibility index (Phi) is 6.51. The van der Waals surface area contributed by atoms with Crippen molar-refractivity contribution in [1.82, 2.24) is 0 Å². The molecular weight excluding hydrogens is 292 g/mol. The van der Waals surface area contributed by atoms with Crippen molar-refractivity contribution in [1.29, 1.82) is 0 Å². The van der Waals surface area contributed by atoms with Crippen LogP contribution in [0.25, 0.3) is 6.08 Å². The average Bonchev–Trinajstić information content (AvgIpc) is 2.56. The molecule has 2 rings (SSSR count). The second-order valence-corrected chi connectivity index (χ2v) is 7.06. The first-order chi connectivity index (χ1) is 11.5. The van der Waals surface area contributed by atoms with Crippen molar-refractivity contribution >= 4 is 12.3 Å². The molecule has 0 saturated heterocycles. The lowest BCUT2D eigenvalue weighted by Gasteiger charge is -2.29. The molecule has 0 saturated carbocycles. The van der Waals surface area contributed by atoms with E-state index in [9.17, 15) is 0 Å². The van der Waals surface area contributed by atoms with Crippen LogP contribution in [0.3, 0.4) is 0 Å². The van der Waals surface area contributed by atoms with Crippen LogP contribution in [-0.2, 0) is 6.54 Å². The summed E-state index contributed by atoms with van der Waals surface area (Å²) in [5.74, 6) is 0. The molecule has 2 heteroatoms. The third-order valence-electron chi connectivity index (χ3n) is 4.19. The first-order valence-corrected chi connectivity index (χ1v) is 8.58. The van der Waals surface area contributed by atoms with Gasteiger partial charge in [0.25, 0.3) is 0 Å². The van der Waals surface area contributed by atoms with Crippen molar-refractivity contribution < 1.29 is 4.48 Å². The Hall–Kier alpha value is -2.19. The van der Waals surface area contributed by atoms with Gasteiger partial charge < -0.3 is 4.48 Å². The van der Waals surface area contributed by atoms with E-state index in [-0.39, 0.29) is 0 Å². The smallest absolute Gasteiger partial charge is 0.104 e. The summed E-state index contributed by atoms with van der Waals surface area (Å²) in [6, 6.07) is 17.1. The second-order valence-electron chi connectivity index (χ2n) is 7.06. The van der Waals surface area contributed by atoms with E-state index in [2.05, 4.69) is 81.1 Å². The van der Waals surface area contributed by atoms with Crippen LogP contribution in [0.5, 0.6) is 0 Å². The maximum Gasteiger partial charge on any atom is 0.104 e. The number of aliphatic imine (C=N–C) groups is 1. The van der Waals surface area contributed by atoms with E-state index in [1.54, 1.807) is 0 Å². The lowest BCUT2D eigenvalue weighted by molar-refractivity contribution is -0.903. The van der Waals surface area contributed by atoms with Crippen LogP contribution < -0.4 is 0 Å². The van der Waals surface area contributed by atoms with Gasteiger partial charge >= 0.3 is 0 Å². The zero-order valence-corrected chi connectivity index (χ0v) is 15.2. The van der Waals surface area contributed by atoms with E-state index >= 15 is 0 Å². The van der Waals surface area contributed by atoms with Gasteiger partial charge in [0.2, 0.25) is 0 Å². The van der Waals surface area contributed by atoms with Gasteiger partial charge in [0.05, 0.1) is 20.6 Å². The standard InChI is InChI=1S/C22H29N2/c1-5-20-11-13-22(14-12-20)18-24(3,4)16-6-15-23-17-21-9-7-19(2)8-10-21/h5,7-14,17H,1,6,15-16,18H2,2-4H3/q+1. The molecule has 0 radical (unpaired) electrons. The van der Waals surface area contributed by atoms with Gasteiger partial charge in [-0.1, -0.05) is 66.7 Å². The minimum atomic E-state index is 0.880. The fraction of sp³-hybridized carbons (Fsp3) is 0.318. The molecule has 0 aromatic heterocycles. The number of quaternary nitrogens is 1. The molecule has 0 fully saturated rings. The average molecular weight is 321 g/mol. The van der Waals surface area contributed by atoms with Crippen LogP contribution in [0.1, 0.15) is 28.7 Å². The number of nitrogens with zero attached hydrogens (tertiary/aromatic N) is 2. The molecule has 0 aliphatic carbocycles. The maximum absolute atomic E-state index is 4.56. The molecule has 126 valence electrons. The Morgan fingerprint density at radius 3 is 2.21 bits per heavy atom. The highest BCUT2D eigenvalue weighted by atomic mass is 15.3. The summed E-state index contributed by atoms with van der Waals surface area (Å²) >= 11 is 0. The summed E-state index contributed by atoms with van der Waals surface area (Å²) < 4.78 is 0.980. The van der Waals surface area contributed by atoms with E-state index < -0.39 is 0 Å². The Balaban J connectivity index is 1.77. The predicted molar refractivity (Wildman–Crippen MR) is 105 cm³/mol. The number of aryl methyl sites for hydroxylation is 1. The number of rotatable bonds is 8. The Bertz CT molecular complexity index is 664. The molecule has 0 aliphatic heterocycles. The highest BCUT2D eigenvalue weighted by molar-refractivity contribution is 5.79. The molecule has 0 unspecified atom stereocenters. The highest BCUT2D eigenvalue weighted by Gasteiger charge is 2.15. The van der Waals surface area contributed by atoms with E-state index in [4.69, 9.17) is 0 Å². The van der Waals surface area contributed by atoms with Crippen LogP contribution in [0.4, 0.5) is 0 Å². The monoisotopic (exact) mass is 321 g/mol. The Labute approximate surface area is 146 Å². The minimum absolute atomic E-state index is 0.880. The summed E-state index contributed by atoms with van der Waals surface area (Å²) in [7, 11) is 4.57. The summed E-state index contributed by atoms with van der Waals surface area (Å²) in [6.45, 7) is 8.95.